The summed E-state index contributed by atoms with van der Waals surface area (Å²) in [6, 6.07) is 14.4. The highest BCUT2D eigenvalue weighted by atomic mass is 32.2. The number of thiazole rings is 1. The number of benzene rings is 2. The summed E-state index contributed by atoms with van der Waals surface area (Å²) < 4.78 is 28.2. The number of carbonyl (C=O) groups excluding carboxylic acids is 1. The van der Waals surface area contributed by atoms with Gasteiger partial charge in [0.2, 0.25) is 10.0 Å². The lowest BCUT2D eigenvalue weighted by atomic mass is 10.0. The van der Waals surface area contributed by atoms with Crippen LogP contribution in [-0.2, 0) is 23.0 Å². The summed E-state index contributed by atoms with van der Waals surface area (Å²) in [6.45, 7) is 3.58. The first-order valence-electron chi connectivity index (χ1n) is 11.1. The highest BCUT2D eigenvalue weighted by Crippen LogP contribution is 2.26. The molecule has 2 aromatic carbocycles. The van der Waals surface area contributed by atoms with Gasteiger partial charge >= 0.3 is 0 Å². The Labute approximate surface area is 198 Å². The third-order valence-electron chi connectivity index (χ3n) is 6.29. The number of fused-ring (bicyclic) bond motifs is 1. The molecule has 3 heterocycles. The van der Waals surface area contributed by atoms with E-state index in [2.05, 4.69) is 16.0 Å². The molecule has 172 valence electrons. The van der Waals surface area contributed by atoms with Gasteiger partial charge in [-0.25, -0.2) is 13.4 Å². The number of sulfonamides is 1. The third-order valence-corrected chi connectivity index (χ3v) is 8.96. The number of nitrogens with zero attached hydrogens (tertiary/aromatic N) is 4. The van der Waals surface area contributed by atoms with Crippen molar-refractivity contribution in [2.45, 2.75) is 24.3 Å². The Kier molecular flexibility index (Phi) is 6.18. The first kappa shape index (κ1) is 22.1. The van der Waals surface area contributed by atoms with Gasteiger partial charge in [0.25, 0.3) is 5.91 Å². The third kappa shape index (κ3) is 4.53. The SMILES string of the molecule is O=C(c1cccc(S(=O)(=O)N2CCc3ccccc3C2)c1)N1CCCN(c2nccs2)CC1. The van der Waals surface area contributed by atoms with Gasteiger partial charge in [0, 0.05) is 56.4 Å². The second kappa shape index (κ2) is 9.24. The van der Waals surface area contributed by atoms with Crippen LogP contribution in [-0.4, -0.2) is 61.2 Å². The molecule has 1 fully saturated rings. The van der Waals surface area contributed by atoms with Crippen LogP contribution in [0.4, 0.5) is 5.13 Å². The molecule has 5 rings (SSSR count). The van der Waals surface area contributed by atoms with Crippen molar-refractivity contribution in [2.24, 2.45) is 0 Å². The van der Waals surface area contributed by atoms with Crippen LogP contribution >= 0.6 is 11.3 Å². The Hall–Kier alpha value is -2.75. The summed E-state index contributed by atoms with van der Waals surface area (Å²) in [5.41, 5.74) is 2.64. The zero-order chi connectivity index (χ0) is 22.8. The maximum Gasteiger partial charge on any atom is 0.253 e. The van der Waals surface area contributed by atoms with Crippen molar-refractivity contribution >= 4 is 32.4 Å². The molecule has 2 aliphatic heterocycles. The molecule has 0 N–H and O–H groups in total. The fraction of sp³-hybridized carbons (Fsp3) is 0.333. The minimum Gasteiger partial charge on any atom is -0.346 e. The van der Waals surface area contributed by atoms with Crippen molar-refractivity contribution in [3.63, 3.8) is 0 Å². The van der Waals surface area contributed by atoms with Crippen LogP contribution in [0.1, 0.15) is 27.9 Å². The Morgan fingerprint density at radius 1 is 0.939 bits per heavy atom. The monoisotopic (exact) mass is 482 g/mol. The first-order chi connectivity index (χ1) is 16.0. The Morgan fingerprint density at radius 3 is 2.61 bits per heavy atom. The molecule has 0 saturated carbocycles. The minimum atomic E-state index is -3.69. The van der Waals surface area contributed by atoms with Gasteiger partial charge in [-0.1, -0.05) is 30.3 Å². The molecule has 0 bridgehead atoms. The fourth-order valence-electron chi connectivity index (χ4n) is 4.48. The number of carbonyl (C=O) groups is 1. The average Bonchev–Trinajstić information content (AvgIpc) is 3.28. The molecule has 0 unspecified atom stereocenters. The van der Waals surface area contributed by atoms with Crippen molar-refractivity contribution < 1.29 is 13.2 Å². The van der Waals surface area contributed by atoms with E-state index < -0.39 is 10.0 Å². The van der Waals surface area contributed by atoms with Crippen LogP contribution in [0.25, 0.3) is 0 Å². The normalized spacial score (nSPS) is 17.5. The Balaban J connectivity index is 1.32. The van der Waals surface area contributed by atoms with E-state index in [1.807, 2.05) is 28.5 Å². The molecule has 0 radical (unpaired) electrons. The average molecular weight is 483 g/mol. The summed E-state index contributed by atoms with van der Waals surface area (Å²) in [4.78, 5) is 21.8. The molecular formula is C24H26N4O3S2. The number of hydrogen-bond donors (Lipinski definition) is 0. The molecular weight excluding hydrogens is 456 g/mol. The van der Waals surface area contributed by atoms with Crippen molar-refractivity contribution in [1.82, 2.24) is 14.2 Å². The standard InChI is InChI=1S/C24H26N4O3S2/c29-23(26-11-4-12-27(15-14-26)24-25-10-16-32-24)20-7-3-8-22(17-20)33(30,31)28-13-9-19-5-1-2-6-21(19)18-28/h1-3,5-8,10,16-17H,4,9,11-15,18H2. The second-order valence-electron chi connectivity index (χ2n) is 8.33. The Bertz CT molecular complexity index is 1240. The smallest absolute Gasteiger partial charge is 0.253 e. The summed E-state index contributed by atoms with van der Waals surface area (Å²) in [5, 5.41) is 2.93. The molecule has 33 heavy (non-hydrogen) atoms. The van der Waals surface area contributed by atoms with Crippen LogP contribution in [0.15, 0.2) is 65.0 Å². The van der Waals surface area contributed by atoms with Crippen LogP contribution in [0.2, 0.25) is 0 Å². The number of rotatable bonds is 4. The van der Waals surface area contributed by atoms with Gasteiger partial charge in [-0.15, -0.1) is 11.3 Å². The lowest BCUT2D eigenvalue weighted by molar-refractivity contribution is 0.0766. The van der Waals surface area contributed by atoms with E-state index in [-0.39, 0.29) is 10.8 Å². The lowest BCUT2D eigenvalue weighted by Gasteiger charge is -2.28. The topological polar surface area (TPSA) is 73.8 Å². The first-order valence-corrected chi connectivity index (χ1v) is 13.4. The molecule has 0 atom stereocenters. The summed E-state index contributed by atoms with van der Waals surface area (Å²) in [5.74, 6) is -0.128. The van der Waals surface area contributed by atoms with Gasteiger partial charge in [-0.05, 0) is 42.2 Å². The van der Waals surface area contributed by atoms with E-state index in [0.29, 0.717) is 44.7 Å². The fourth-order valence-corrected chi connectivity index (χ4v) is 6.64. The van der Waals surface area contributed by atoms with Gasteiger partial charge in [0.05, 0.1) is 4.90 Å². The molecule has 0 spiro atoms. The van der Waals surface area contributed by atoms with E-state index >= 15 is 0 Å². The molecule has 3 aromatic rings. The van der Waals surface area contributed by atoms with Crippen LogP contribution in [0.5, 0.6) is 0 Å². The predicted molar refractivity (Wildman–Crippen MR) is 129 cm³/mol. The molecule has 2 aliphatic rings. The van der Waals surface area contributed by atoms with Crippen molar-refractivity contribution in [1.29, 1.82) is 0 Å². The maximum atomic E-state index is 13.4. The molecule has 7 nitrogen and oxygen atoms in total. The van der Waals surface area contributed by atoms with Crippen LogP contribution in [0.3, 0.4) is 0 Å². The van der Waals surface area contributed by atoms with Crippen molar-refractivity contribution in [3.8, 4) is 0 Å². The number of anilines is 1. The summed E-state index contributed by atoms with van der Waals surface area (Å²) in [6.07, 6.45) is 3.33. The number of aromatic nitrogens is 1. The van der Waals surface area contributed by atoms with E-state index in [1.54, 1.807) is 35.7 Å². The van der Waals surface area contributed by atoms with Gasteiger partial charge in [-0.3, -0.25) is 4.79 Å². The highest BCUT2D eigenvalue weighted by Gasteiger charge is 2.29. The van der Waals surface area contributed by atoms with Crippen LogP contribution < -0.4 is 4.90 Å². The molecule has 1 amide bonds. The highest BCUT2D eigenvalue weighted by molar-refractivity contribution is 7.89. The van der Waals surface area contributed by atoms with Gasteiger partial charge in [-0.2, -0.15) is 4.31 Å². The zero-order valence-electron chi connectivity index (χ0n) is 18.3. The molecule has 1 aromatic heterocycles. The van der Waals surface area contributed by atoms with Crippen molar-refractivity contribution in [3.05, 3.63) is 76.8 Å². The minimum absolute atomic E-state index is 0.128. The second-order valence-corrected chi connectivity index (χ2v) is 11.1. The number of amides is 1. The predicted octanol–water partition coefficient (Wildman–Crippen LogP) is 3.24. The lowest BCUT2D eigenvalue weighted by Crippen LogP contribution is -2.36. The molecule has 1 saturated heterocycles. The van der Waals surface area contributed by atoms with E-state index in [9.17, 15) is 13.2 Å². The van der Waals surface area contributed by atoms with Gasteiger partial charge in [0.15, 0.2) is 5.13 Å². The Morgan fingerprint density at radius 2 is 1.79 bits per heavy atom. The van der Waals surface area contributed by atoms with Gasteiger partial charge < -0.3 is 9.80 Å². The quantitative estimate of drug-likeness (QED) is 0.571. The van der Waals surface area contributed by atoms with Gasteiger partial charge in [0.1, 0.15) is 0 Å². The van der Waals surface area contributed by atoms with E-state index in [0.717, 1.165) is 23.7 Å². The van der Waals surface area contributed by atoms with Crippen LogP contribution in [0, 0.1) is 0 Å². The van der Waals surface area contributed by atoms with Crippen molar-refractivity contribution in [2.75, 3.05) is 37.6 Å². The zero-order valence-corrected chi connectivity index (χ0v) is 19.9. The largest absolute Gasteiger partial charge is 0.346 e. The summed E-state index contributed by atoms with van der Waals surface area (Å²) >= 11 is 1.60. The molecule has 9 heteroatoms. The summed E-state index contributed by atoms with van der Waals surface area (Å²) in [7, 11) is -3.69. The van der Waals surface area contributed by atoms with E-state index in [4.69, 9.17) is 0 Å². The molecule has 0 aliphatic carbocycles. The maximum absolute atomic E-state index is 13.4. The van der Waals surface area contributed by atoms with E-state index in [1.165, 1.54) is 15.9 Å². The number of hydrogen-bond acceptors (Lipinski definition) is 6.